The molecule has 1 amide bonds. The first-order valence-electron chi connectivity index (χ1n) is 3.13. The van der Waals surface area contributed by atoms with Gasteiger partial charge < -0.3 is 4.42 Å². The zero-order valence-corrected chi connectivity index (χ0v) is 6.04. The minimum atomic E-state index is -0.645. The molecule has 0 unspecified atom stereocenters. The van der Waals surface area contributed by atoms with Crippen molar-refractivity contribution in [3.8, 4) is 0 Å². The van der Waals surface area contributed by atoms with Crippen molar-refractivity contribution in [2.45, 2.75) is 0 Å². The quantitative estimate of drug-likeness (QED) is 0.289. The van der Waals surface area contributed by atoms with Crippen molar-refractivity contribution in [3.63, 3.8) is 0 Å². The highest BCUT2D eigenvalue weighted by Crippen LogP contribution is 2.01. The summed E-state index contributed by atoms with van der Waals surface area (Å²) in [5.74, 6) is -0.106. The summed E-state index contributed by atoms with van der Waals surface area (Å²) in [4.78, 5) is 12.9. The molecule has 0 fully saturated rings. The molecule has 5 heteroatoms. The Morgan fingerprint density at radius 3 is 3.17 bits per heavy atom. The number of carbonyl (C=O) groups is 1. The molecular formula is C7H5N3O2. The van der Waals surface area contributed by atoms with Crippen LogP contribution in [0.5, 0.6) is 0 Å². The Hall–Kier alpha value is -2.00. The summed E-state index contributed by atoms with van der Waals surface area (Å²) in [6, 6.07) is 3.37. The number of nitrogens with zero attached hydrogens (tertiary/aromatic N) is 3. The van der Waals surface area contributed by atoms with E-state index >= 15 is 0 Å². The molecule has 0 aliphatic heterocycles. The lowest BCUT2D eigenvalue weighted by atomic mass is 10.4. The molecule has 0 radical (unpaired) electrons. The van der Waals surface area contributed by atoms with Crippen molar-refractivity contribution in [1.29, 1.82) is 0 Å². The van der Waals surface area contributed by atoms with E-state index in [4.69, 9.17) is 9.95 Å². The predicted octanol–water partition coefficient (Wildman–Crippen LogP) is 2.13. The Labute approximate surface area is 67.9 Å². The molecule has 1 heterocycles. The molecule has 0 atom stereocenters. The van der Waals surface area contributed by atoms with Crippen LogP contribution < -0.4 is 0 Å². The van der Waals surface area contributed by atoms with E-state index in [0.717, 1.165) is 6.08 Å². The lowest BCUT2D eigenvalue weighted by molar-refractivity contribution is -0.113. The maximum Gasteiger partial charge on any atom is 0.242 e. The van der Waals surface area contributed by atoms with Gasteiger partial charge in [-0.25, -0.2) is 0 Å². The average molecular weight is 163 g/mol. The predicted molar refractivity (Wildman–Crippen MR) is 41.9 cm³/mol. The number of amides is 1. The topological polar surface area (TPSA) is 79.0 Å². The first-order valence-corrected chi connectivity index (χ1v) is 3.13. The fourth-order valence-corrected chi connectivity index (χ4v) is 0.617. The minimum absolute atomic E-state index is 0.538. The van der Waals surface area contributed by atoms with Gasteiger partial charge in [0.25, 0.3) is 0 Å². The fraction of sp³-hybridized carbons (Fsp3) is 0. The Morgan fingerprint density at radius 1 is 1.75 bits per heavy atom. The first kappa shape index (κ1) is 8.10. The van der Waals surface area contributed by atoms with Crippen molar-refractivity contribution in [2.24, 2.45) is 5.11 Å². The monoisotopic (exact) mass is 163 g/mol. The molecule has 1 rings (SSSR count). The van der Waals surface area contributed by atoms with Gasteiger partial charge in [-0.3, -0.25) is 4.79 Å². The molecule has 0 saturated heterocycles. The van der Waals surface area contributed by atoms with Gasteiger partial charge in [-0.05, 0) is 34.9 Å². The largest absolute Gasteiger partial charge is 0.465 e. The number of hydrogen-bond acceptors (Lipinski definition) is 2. The number of carbonyl (C=O) groups excluding carboxylic acids is 1. The Morgan fingerprint density at radius 2 is 2.58 bits per heavy atom. The molecule has 12 heavy (non-hydrogen) atoms. The van der Waals surface area contributed by atoms with E-state index in [0.29, 0.717) is 5.76 Å². The van der Waals surface area contributed by atoms with Crippen LogP contribution in [0.3, 0.4) is 0 Å². The van der Waals surface area contributed by atoms with Gasteiger partial charge in [-0.1, -0.05) is 0 Å². The van der Waals surface area contributed by atoms with Crippen molar-refractivity contribution in [1.82, 2.24) is 0 Å². The van der Waals surface area contributed by atoms with Gasteiger partial charge >= 0.3 is 0 Å². The molecule has 1 aromatic heterocycles. The van der Waals surface area contributed by atoms with Gasteiger partial charge in [0, 0.05) is 4.91 Å². The number of rotatable bonds is 2. The van der Waals surface area contributed by atoms with E-state index in [1.54, 1.807) is 12.1 Å². The highest BCUT2D eigenvalue weighted by molar-refractivity contribution is 5.91. The fourth-order valence-electron chi connectivity index (χ4n) is 0.617. The van der Waals surface area contributed by atoms with Crippen LogP contribution in [0.1, 0.15) is 5.76 Å². The van der Waals surface area contributed by atoms with E-state index in [1.807, 2.05) is 0 Å². The lowest BCUT2D eigenvalue weighted by Crippen LogP contribution is -1.81. The molecule has 0 aliphatic rings. The summed E-state index contributed by atoms with van der Waals surface area (Å²) in [5.41, 5.74) is 7.87. The molecule has 0 bridgehead atoms. The van der Waals surface area contributed by atoms with Crippen molar-refractivity contribution >= 4 is 12.0 Å². The molecule has 0 N–H and O–H groups in total. The van der Waals surface area contributed by atoms with E-state index in [9.17, 15) is 4.79 Å². The summed E-state index contributed by atoms with van der Waals surface area (Å²) in [5, 5.41) is 2.84. The highest BCUT2D eigenvalue weighted by atomic mass is 16.3. The normalized spacial score (nSPS) is 9.67. The molecule has 0 spiro atoms. The number of furan rings is 1. The highest BCUT2D eigenvalue weighted by Gasteiger charge is 1.90. The molecular weight excluding hydrogens is 158 g/mol. The summed E-state index contributed by atoms with van der Waals surface area (Å²) >= 11 is 0. The van der Waals surface area contributed by atoms with Gasteiger partial charge in [0.05, 0.1) is 6.26 Å². The minimum Gasteiger partial charge on any atom is -0.465 e. The summed E-state index contributed by atoms with van der Waals surface area (Å²) in [7, 11) is 0. The summed E-state index contributed by atoms with van der Waals surface area (Å²) in [6.07, 6.45) is 4.05. The van der Waals surface area contributed by atoms with Crippen LogP contribution in [-0.4, -0.2) is 5.91 Å². The van der Waals surface area contributed by atoms with E-state index in [2.05, 4.69) is 10.0 Å². The number of hydrogen-bond donors (Lipinski definition) is 0. The SMILES string of the molecule is [N-]=[N+]=NC(=O)/C=C\c1ccco1. The second-order valence-corrected chi connectivity index (χ2v) is 1.88. The standard InChI is InChI=1S/C7H5N3O2/c8-10-9-7(11)4-3-6-2-1-5-12-6/h1-5H/b4-3-. The van der Waals surface area contributed by atoms with Crippen LogP contribution in [0.15, 0.2) is 34.0 Å². The Kier molecular flexibility index (Phi) is 2.70. The molecule has 0 aromatic carbocycles. The van der Waals surface area contributed by atoms with Crippen LogP contribution in [-0.2, 0) is 4.79 Å². The molecule has 0 aliphatic carbocycles. The summed E-state index contributed by atoms with van der Waals surface area (Å²) in [6.45, 7) is 0. The van der Waals surface area contributed by atoms with Crippen molar-refractivity contribution < 1.29 is 9.21 Å². The molecule has 5 nitrogen and oxygen atoms in total. The third kappa shape index (κ3) is 2.32. The second-order valence-electron chi connectivity index (χ2n) is 1.88. The van der Waals surface area contributed by atoms with Crippen LogP contribution in [0.2, 0.25) is 0 Å². The molecule has 0 saturated carbocycles. The second kappa shape index (κ2) is 4.00. The maximum atomic E-state index is 10.6. The average Bonchev–Trinajstić information content (AvgIpc) is 2.53. The third-order valence-electron chi connectivity index (χ3n) is 1.08. The summed E-state index contributed by atoms with van der Waals surface area (Å²) < 4.78 is 4.89. The molecule has 1 aromatic rings. The first-order chi connectivity index (χ1) is 5.83. The van der Waals surface area contributed by atoms with Gasteiger partial charge in [0.1, 0.15) is 5.76 Å². The van der Waals surface area contributed by atoms with Crippen LogP contribution in [0, 0.1) is 0 Å². The van der Waals surface area contributed by atoms with Crippen LogP contribution in [0.4, 0.5) is 0 Å². The smallest absolute Gasteiger partial charge is 0.242 e. The third-order valence-corrected chi connectivity index (χ3v) is 1.08. The Bertz CT molecular complexity index is 334. The maximum absolute atomic E-state index is 10.6. The molecule has 60 valence electrons. The van der Waals surface area contributed by atoms with Gasteiger partial charge in [0.2, 0.25) is 5.91 Å². The number of azide groups is 1. The van der Waals surface area contributed by atoms with Crippen LogP contribution in [0.25, 0.3) is 16.5 Å². The van der Waals surface area contributed by atoms with Gasteiger partial charge in [-0.2, -0.15) is 0 Å². The van der Waals surface area contributed by atoms with E-state index in [-0.39, 0.29) is 0 Å². The van der Waals surface area contributed by atoms with E-state index in [1.165, 1.54) is 12.3 Å². The zero-order chi connectivity index (χ0) is 8.81. The van der Waals surface area contributed by atoms with Crippen LogP contribution >= 0.6 is 0 Å². The van der Waals surface area contributed by atoms with E-state index < -0.39 is 5.91 Å². The van der Waals surface area contributed by atoms with Crippen molar-refractivity contribution in [3.05, 3.63) is 40.7 Å². The zero-order valence-electron chi connectivity index (χ0n) is 6.04. The van der Waals surface area contributed by atoms with Gasteiger partial charge in [0.15, 0.2) is 0 Å². The Balaban J connectivity index is 2.62. The van der Waals surface area contributed by atoms with Gasteiger partial charge in [-0.15, -0.1) is 0 Å². The lowest BCUT2D eigenvalue weighted by Gasteiger charge is -1.80. The van der Waals surface area contributed by atoms with Crippen molar-refractivity contribution in [2.75, 3.05) is 0 Å².